The SMILES string of the molecule is C1C2C1C1C3C2C2C4C5CC5C5C2C1C1C5C4C31. The summed E-state index contributed by atoms with van der Waals surface area (Å²) in [5, 5.41) is 0. The number of fused-ring (bicyclic) bond motifs is 1. The van der Waals surface area contributed by atoms with Gasteiger partial charge in [-0.2, -0.15) is 0 Å². The molecule has 11 aliphatic rings. The maximum atomic E-state index is 1.71. The van der Waals surface area contributed by atoms with Gasteiger partial charge in [-0.15, -0.1) is 0 Å². The van der Waals surface area contributed by atoms with Crippen molar-refractivity contribution in [2.24, 2.45) is 94.7 Å². The molecule has 11 saturated carbocycles. The van der Waals surface area contributed by atoms with E-state index in [4.69, 9.17) is 0 Å². The van der Waals surface area contributed by atoms with E-state index in [1.54, 1.807) is 12.8 Å². The highest BCUT2D eigenvalue weighted by atomic mass is 15.0. The van der Waals surface area contributed by atoms with Gasteiger partial charge in [-0.05, 0) is 108 Å². The fourth-order valence-electron chi connectivity index (χ4n) is 11.6. The van der Waals surface area contributed by atoms with Crippen LogP contribution >= 0.6 is 0 Å². The van der Waals surface area contributed by atoms with Crippen molar-refractivity contribution >= 4 is 0 Å². The highest BCUT2D eigenvalue weighted by molar-refractivity contribution is 5.39. The Bertz CT molecular complexity index is 560. The lowest BCUT2D eigenvalue weighted by atomic mass is 9.35. The van der Waals surface area contributed by atoms with Crippen molar-refractivity contribution in [2.45, 2.75) is 12.8 Å². The summed E-state index contributed by atoms with van der Waals surface area (Å²) in [6.07, 6.45) is 3.41. The topological polar surface area (TPSA) is 0 Å². The summed E-state index contributed by atoms with van der Waals surface area (Å²) in [6.45, 7) is 0. The molecule has 0 aromatic heterocycles. The Labute approximate surface area is 108 Å². The third kappa shape index (κ3) is 0.425. The Morgan fingerprint density at radius 3 is 0.833 bits per heavy atom. The van der Waals surface area contributed by atoms with Crippen molar-refractivity contribution < 1.29 is 0 Å². The zero-order valence-electron chi connectivity index (χ0n) is 10.7. The van der Waals surface area contributed by atoms with E-state index in [-0.39, 0.29) is 0 Å². The van der Waals surface area contributed by atoms with E-state index in [9.17, 15) is 0 Å². The Morgan fingerprint density at radius 2 is 0.500 bits per heavy atom. The minimum Gasteiger partial charge on any atom is -0.0465 e. The van der Waals surface area contributed by atoms with Gasteiger partial charge in [0.2, 0.25) is 0 Å². The van der Waals surface area contributed by atoms with Gasteiger partial charge in [0.1, 0.15) is 0 Å². The molecule has 0 amide bonds. The van der Waals surface area contributed by atoms with Gasteiger partial charge in [-0.1, -0.05) is 0 Å². The minimum atomic E-state index is 1.29. The highest BCUT2D eigenvalue weighted by Gasteiger charge is 2.92. The van der Waals surface area contributed by atoms with Crippen LogP contribution in [0.25, 0.3) is 0 Å². The Hall–Kier alpha value is 0. The predicted octanol–water partition coefficient (Wildman–Crippen LogP) is 2.75. The van der Waals surface area contributed by atoms with Gasteiger partial charge in [-0.25, -0.2) is 0 Å². The number of rotatable bonds is 0. The van der Waals surface area contributed by atoms with Crippen molar-refractivity contribution in [3.8, 4) is 0 Å². The highest BCUT2D eigenvalue weighted by Crippen LogP contribution is 2.96. The maximum Gasteiger partial charge on any atom is -0.0312 e. The summed E-state index contributed by atoms with van der Waals surface area (Å²) in [5.41, 5.74) is 0. The summed E-state index contributed by atoms with van der Waals surface area (Å²) in [7, 11) is 0. The van der Waals surface area contributed by atoms with E-state index in [2.05, 4.69) is 0 Å². The number of hydrogen-bond donors (Lipinski definition) is 0. The third-order valence-electron chi connectivity index (χ3n) is 10.9. The van der Waals surface area contributed by atoms with Gasteiger partial charge in [0, 0.05) is 0 Å². The molecule has 0 heteroatoms. The quantitative estimate of drug-likeness (QED) is 0.606. The van der Waals surface area contributed by atoms with Crippen LogP contribution in [-0.2, 0) is 0 Å². The Kier molecular flexibility index (Phi) is 0.744. The molecule has 16 atom stereocenters. The van der Waals surface area contributed by atoms with E-state index >= 15 is 0 Å². The van der Waals surface area contributed by atoms with Crippen molar-refractivity contribution in [3.63, 3.8) is 0 Å². The van der Waals surface area contributed by atoms with Crippen LogP contribution in [0.15, 0.2) is 0 Å². The van der Waals surface area contributed by atoms with Crippen molar-refractivity contribution in [2.75, 3.05) is 0 Å². The second kappa shape index (κ2) is 1.74. The first-order chi connectivity index (χ1) is 8.97. The molecule has 0 N–H and O–H groups in total. The van der Waals surface area contributed by atoms with Crippen molar-refractivity contribution in [3.05, 3.63) is 0 Å². The molecule has 0 saturated heterocycles. The molecule has 11 rings (SSSR count). The monoisotopic (exact) mass is 236 g/mol. The second-order valence-electron chi connectivity index (χ2n) is 10.1. The van der Waals surface area contributed by atoms with Crippen LogP contribution < -0.4 is 0 Å². The van der Waals surface area contributed by atoms with Gasteiger partial charge >= 0.3 is 0 Å². The fourth-order valence-corrected chi connectivity index (χ4v) is 11.6. The molecule has 18 heavy (non-hydrogen) atoms. The summed E-state index contributed by atoms with van der Waals surface area (Å²) in [5.74, 6) is 20.9. The van der Waals surface area contributed by atoms with Crippen LogP contribution in [0.3, 0.4) is 0 Å². The number of hydrogen-bond acceptors (Lipinski definition) is 0. The van der Waals surface area contributed by atoms with Crippen molar-refractivity contribution in [1.82, 2.24) is 0 Å². The van der Waals surface area contributed by atoms with Gasteiger partial charge < -0.3 is 0 Å². The third-order valence-corrected chi connectivity index (χ3v) is 10.9. The lowest BCUT2D eigenvalue weighted by Crippen LogP contribution is -2.66. The first kappa shape index (κ1) is 7.70. The minimum absolute atomic E-state index is 1.29. The molecule has 0 aliphatic heterocycles. The molecule has 16 unspecified atom stereocenters. The van der Waals surface area contributed by atoms with E-state index in [1.807, 2.05) is 0 Å². The van der Waals surface area contributed by atoms with Crippen molar-refractivity contribution in [1.29, 1.82) is 0 Å². The average Bonchev–Trinajstić information content (AvgIpc) is 3.20. The van der Waals surface area contributed by atoms with Gasteiger partial charge in [0.25, 0.3) is 0 Å². The molecular formula is C18H20. The summed E-state index contributed by atoms with van der Waals surface area (Å²) in [4.78, 5) is 0. The lowest BCUT2D eigenvalue weighted by molar-refractivity contribution is -0.225. The summed E-state index contributed by atoms with van der Waals surface area (Å²) < 4.78 is 0. The zero-order valence-corrected chi connectivity index (χ0v) is 10.7. The molecule has 0 nitrogen and oxygen atoms in total. The molecule has 0 aromatic carbocycles. The molecule has 0 radical (unpaired) electrons. The molecule has 10 bridgehead atoms. The van der Waals surface area contributed by atoms with Gasteiger partial charge in [0.15, 0.2) is 0 Å². The normalized spacial score (nSPS) is 98.7. The first-order valence-electron chi connectivity index (χ1n) is 8.97. The molecule has 11 fully saturated rings. The van der Waals surface area contributed by atoms with Crippen LogP contribution in [0.5, 0.6) is 0 Å². The predicted molar refractivity (Wildman–Crippen MR) is 65.1 cm³/mol. The maximum absolute atomic E-state index is 1.71. The van der Waals surface area contributed by atoms with Gasteiger partial charge in [-0.3, -0.25) is 0 Å². The largest absolute Gasteiger partial charge is 0.0465 e. The van der Waals surface area contributed by atoms with E-state index in [1.165, 1.54) is 94.7 Å². The van der Waals surface area contributed by atoms with Crippen LogP contribution in [-0.4, -0.2) is 0 Å². The molecule has 0 aromatic rings. The average molecular weight is 236 g/mol. The molecule has 0 spiro atoms. The van der Waals surface area contributed by atoms with E-state index < -0.39 is 0 Å². The summed E-state index contributed by atoms with van der Waals surface area (Å²) >= 11 is 0. The Morgan fingerprint density at radius 1 is 0.278 bits per heavy atom. The van der Waals surface area contributed by atoms with Crippen LogP contribution in [0.1, 0.15) is 12.8 Å². The van der Waals surface area contributed by atoms with E-state index in [0.29, 0.717) is 0 Å². The van der Waals surface area contributed by atoms with Crippen LogP contribution in [0.2, 0.25) is 0 Å². The zero-order chi connectivity index (χ0) is 10.7. The second-order valence-corrected chi connectivity index (χ2v) is 10.1. The smallest absolute Gasteiger partial charge is 0.0312 e. The fraction of sp³-hybridized carbons (Fsp3) is 1.00. The van der Waals surface area contributed by atoms with Gasteiger partial charge in [0.05, 0.1) is 0 Å². The molecule has 11 aliphatic carbocycles. The summed E-state index contributed by atoms with van der Waals surface area (Å²) in [6, 6.07) is 0. The van der Waals surface area contributed by atoms with Crippen LogP contribution in [0.4, 0.5) is 0 Å². The lowest BCUT2D eigenvalue weighted by Gasteiger charge is -2.69. The van der Waals surface area contributed by atoms with E-state index in [0.717, 1.165) is 0 Å². The molecule has 92 valence electrons. The van der Waals surface area contributed by atoms with Crippen LogP contribution in [0, 0.1) is 94.7 Å². The first-order valence-corrected chi connectivity index (χ1v) is 8.97. The standard InChI is InChI=1S/C18H20/c1-3-4(1)9-12-7(3)11-8-5-2-6(5)10-13(11)14(9)18-16(10)15(8)17(12)18/h3-18H,1-2H2. The Balaban J connectivity index is 1.47. The molecular weight excluding hydrogens is 216 g/mol. The molecule has 0 heterocycles.